The second kappa shape index (κ2) is 11.9. The molecule has 0 saturated heterocycles. The van der Waals surface area contributed by atoms with Crippen LogP contribution in [0, 0.1) is 13.8 Å². The first-order valence-electron chi connectivity index (χ1n) is 7.49. The number of carbonyl (C=O) groups is 3. The summed E-state index contributed by atoms with van der Waals surface area (Å²) in [5.41, 5.74) is 5.23. The van der Waals surface area contributed by atoms with Crippen LogP contribution in [0.5, 0.6) is 0 Å². The van der Waals surface area contributed by atoms with E-state index in [1.807, 2.05) is 38.1 Å². The number of nitrogen functional groups attached to an aromatic ring is 1. The van der Waals surface area contributed by atoms with Crippen LogP contribution in [0.25, 0.3) is 0 Å². The average Bonchev–Trinajstić information content (AvgIpc) is 2.54. The van der Waals surface area contributed by atoms with Crippen LogP contribution in [0.1, 0.15) is 45.7 Å². The molecule has 0 aliphatic carbocycles. The van der Waals surface area contributed by atoms with E-state index in [9.17, 15) is 14.4 Å². The molecule has 0 fully saturated rings. The lowest BCUT2D eigenvalue weighted by atomic mass is 10.1. The molecule has 0 aromatic heterocycles. The number of nitrogens with one attached hydrogen (secondary N) is 1. The Morgan fingerprint density at radius 2 is 1.52 bits per heavy atom. The number of carbonyl (C=O) groups excluding carboxylic acids is 3. The number of Topliss-reactive ketones (excluding diaryl/α,β-unsaturated/α-hetero) is 1. The third-order valence-corrected chi connectivity index (χ3v) is 2.98. The normalized spacial score (nSPS) is 8.88. The molecule has 0 radical (unpaired) electrons. The second-order valence-electron chi connectivity index (χ2n) is 5.34. The minimum Gasteiger partial charge on any atom is -0.300 e. The topological polar surface area (TPSA) is 89.3 Å². The van der Waals surface area contributed by atoms with Crippen molar-refractivity contribution in [2.75, 3.05) is 0 Å². The van der Waals surface area contributed by atoms with E-state index in [0.717, 1.165) is 11.1 Å². The van der Waals surface area contributed by atoms with Crippen molar-refractivity contribution >= 4 is 28.5 Å². The molecular weight excluding hydrogens is 340 g/mol. The fourth-order valence-corrected chi connectivity index (χ4v) is 1.79. The third-order valence-electron chi connectivity index (χ3n) is 2.77. The molecule has 2 aromatic rings. The van der Waals surface area contributed by atoms with Crippen molar-refractivity contribution < 1.29 is 14.4 Å². The molecule has 5 nitrogen and oxygen atoms in total. The molecule has 1 amide bonds. The Morgan fingerprint density at radius 3 is 1.92 bits per heavy atom. The summed E-state index contributed by atoms with van der Waals surface area (Å²) in [6, 6.07) is 14.5. The Labute approximate surface area is 153 Å². The predicted molar refractivity (Wildman–Crippen MR) is 101 cm³/mol. The molecule has 0 spiro atoms. The van der Waals surface area contributed by atoms with Gasteiger partial charge in [0, 0.05) is 11.1 Å². The van der Waals surface area contributed by atoms with Crippen LogP contribution in [-0.4, -0.2) is 16.9 Å². The highest BCUT2D eigenvalue weighted by molar-refractivity contribution is 6.67. The van der Waals surface area contributed by atoms with E-state index in [4.69, 9.17) is 17.4 Å². The Morgan fingerprint density at radius 1 is 0.960 bits per heavy atom. The van der Waals surface area contributed by atoms with Gasteiger partial charge in [-0.1, -0.05) is 42.0 Å². The van der Waals surface area contributed by atoms with Crippen LogP contribution < -0.4 is 11.3 Å². The SMILES string of the molecule is CC(C)=O.Cc1cccc(C(=O)Cl)c1.Cc1ccccc1C(=O)NN. The maximum absolute atomic E-state index is 11.0. The van der Waals surface area contributed by atoms with Crippen LogP contribution in [0.15, 0.2) is 48.5 Å². The summed E-state index contributed by atoms with van der Waals surface area (Å²) in [6.45, 7) is 6.84. The molecule has 2 rings (SSSR count). The van der Waals surface area contributed by atoms with Gasteiger partial charge >= 0.3 is 0 Å². The molecule has 6 heteroatoms. The van der Waals surface area contributed by atoms with E-state index in [2.05, 4.69) is 5.43 Å². The zero-order valence-corrected chi connectivity index (χ0v) is 15.6. The first-order valence-corrected chi connectivity index (χ1v) is 7.87. The summed E-state index contributed by atoms with van der Waals surface area (Å²) in [7, 11) is 0. The largest absolute Gasteiger partial charge is 0.300 e. The Balaban J connectivity index is 0.000000383. The van der Waals surface area contributed by atoms with Crippen molar-refractivity contribution in [2.24, 2.45) is 5.84 Å². The van der Waals surface area contributed by atoms with Crippen molar-refractivity contribution in [1.29, 1.82) is 0 Å². The van der Waals surface area contributed by atoms with E-state index >= 15 is 0 Å². The monoisotopic (exact) mass is 362 g/mol. The highest BCUT2D eigenvalue weighted by atomic mass is 35.5. The minimum absolute atomic E-state index is 0.167. The van der Waals surface area contributed by atoms with Gasteiger partial charge in [0.05, 0.1) is 0 Å². The number of hydrazine groups is 1. The Kier molecular flexibility index (Phi) is 10.8. The highest BCUT2D eigenvalue weighted by Crippen LogP contribution is 2.06. The van der Waals surface area contributed by atoms with Gasteiger partial charge in [0.25, 0.3) is 11.1 Å². The zero-order chi connectivity index (χ0) is 19.4. The second-order valence-corrected chi connectivity index (χ2v) is 5.68. The molecule has 0 unspecified atom stereocenters. The van der Waals surface area contributed by atoms with E-state index in [-0.39, 0.29) is 11.7 Å². The molecule has 25 heavy (non-hydrogen) atoms. The predicted octanol–water partition coefficient (Wildman–Crippen LogP) is 3.57. The van der Waals surface area contributed by atoms with Gasteiger partial charge in [-0.05, 0) is 57.0 Å². The van der Waals surface area contributed by atoms with Crippen LogP contribution in [0.4, 0.5) is 0 Å². The average molecular weight is 363 g/mol. The quantitative estimate of drug-likeness (QED) is 0.370. The van der Waals surface area contributed by atoms with Crippen molar-refractivity contribution in [2.45, 2.75) is 27.7 Å². The summed E-state index contributed by atoms with van der Waals surface area (Å²) in [4.78, 5) is 31.0. The van der Waals surface area contributed by atoms with Gasteiger partial charge < -0.3 is 4.79 Å². The Hall–Kier alpha value is -2.50. The Bertz CT molecular complexity index is 726. The molecule has 0 atom stereocenters. The molecule has 0 aliphatic heterocycles. The highest BCUT2D eigenvalue weighted by Gasteiger charge is 2.04. The molecule has 0 saturated carbocycles. The first kappa shape index (κ1) is 22.5. The lowest BCUT2D eigenvalue weighted by Gasteiger charge is -2.01. The molecule has 3 N–H and O–H groups in total. The number of halogens is 1. The van der Waals surface area contributed by atoms with Gasteiger partial charge in [-0.15, -0.1) is 0 Å². The summed E-state index contributed by atoms with van der Waals surface area (Å²) in [6.07, 6.45) is 0. The van der Waals surface area contributed by atoms with E-state index in [1.165, 1.54) is 13.8 Å². The first-order chi connectivity index (χ1) is 11.7. The van der Waals surface area contributed by atoms with Gasteiger partial charge in [-0.2, -0.15) is 0 Å². The summed E-state index contributed by atoms with van der Waals surface area (Å²) in [5, 5.41) is -0.399. The maximum Gasteiger partial charge on any atom is 0.265 e. The van der Waals surface area contributed by atoms with E-state index in [1.54, 1.807) is 24.3 Å². The van der Waals surface area contributed by atoms with E-state index in [0.29, 0.717) is 11.1 Å². The maximum atomic E-state index is 11.0. The van der Waals surface area contributed by atoms with Gasteiger partial charge in [-0.3, -0.25) is 15.0 Å². The standard InChI is InChI=1S/C8H7ClO.C8H10N2O.C3H6O/c1-6-3-2-4-7(5-6)8(9)10;1-6-4-2-3-5-7(6)8(11)10-9;1-3(2)4/h2-5H,1H3;2-5H,9H2,1H3,(H,10,11);1-2H3. The smallest absolute Gasteiger partial charge is 0.265 e. The zero-order valence-electron chi connectivity index (χ0n) is 14.8. The number of ketones is 1. The van der Waals surface area contributed by atoms with Crippen LogP contribution >= 0.6 is 11.6 Å². The number of rotatable bonds is 2. The minimum atomic E-state index is -0.399. The number of hydrogen-bond donors (Lipinski definition) is 2. The molecule has 2 aromatic carbocycles. The number of benzene rings is 2. The molecule has 134 valence electrons. The van der Waals surface area contributed by atoms with Crippen molar-refractivity contribution in [3.8, 4) is 0 Å². The van der Waals surface area contributed by atoms with Crippen molar-refractivity contribution in [3.05, 3.63) is 70.8 Å². The van der Waals surface area contributed by atoms with Crippen LogP contribution in [-0.2, 0) is 4.79 Å². The van der Waals surface area contributed by atoms with E-state index < -0.39 is 5.24 Å². The fraction of sp³-hybridized carbons (Fsp3) is 0.211. The summed E-state index contributed by atoms with van der Waals surface area (Å²) < 4.78 is 0. The third kappa shape index (κ3) is 10.1. The lowest BCUT2D eigenvalue weighted by Crippen LogP contribution is -2.30. The molecule has 0 aliphatic rings. The molecule has 0 bridgehead atoms. The number of amides is 1. The van der Waals surface area contributed by atoms with Gasteiger partial charge in [0.1, 0.15) is 5.78 Å². The van der Waals surface area contributed by atoms with Crippen molar-refractivity contribution in [3.63, 3.8) is 0 Å². The van der Waals surface area contributed by atoms with Gasteiger partial charge in [0.15, 0.2) is 0 Å². The number of aryl methyl sites for hydroxylation is 2. The van der Waals surface area contributed by atoms with Crippen LogP contribution in [0.3, 0.4) is 0 Å². The van der Waals surface area contributed by atoms with Crippen molar-refractivity contribution in [1.82, 2.24) is 5.43 Å². The lowest BCUT2D eigenvalue weighted by molar-refractivity contribution is -0.115. The number of hydrogen-bond acceptors (Lipinski definition) is 4. The van der Waals surface area contributed by atoms with Gasteiger partial charge in [0.2, 0.25) is 0 Å². The summed E-state index contributed by atoms with van der Waals surface area (Å²) in [5.74, 6) is 4.89. The molecule has 0 heterocycles. The molecular formula is C19H23ClN2O3. The van der Waals surface area contributed by atoms with Crippen LogP contribution in [0.2, 0.25) is 0 Å². The number of nitrogens with two attached hydrogens (primary N) is 1. The fourth-order valence-electron chi connectivity index (χ4n) is 1.67. The van der Waals surface area contributed by atoms with Gasteiger partial charge in [-0.25, -0.2) is 5.84 Å². The summed E-state index contributed by atoms with van der Waals surface area (Å²) >= 11 is 5.24.